The van der Waals surface area contributed by atoms with Gasteiger partial charge in [0.15, 0.2) is 5.78 Å². The molecule has 0 aromatic heterocycles. The Labute approximate surface area is 514 Å². The molecule has 0 saturated heterocycles. The van der Waals surface area contributed by atoms with E-state index >= 15 is 9.59 Å². The van der Waals surface area contributed by atoms with Gasteiger partial charge in [0, 0.05) is 6.42 Å². The monoisotopic (exact) mass is 1240 g/mol. The van der Waals surface area contributed by atoms with Crippen molar-refractivity contribution in [1.82, 2.24) is 0 Å². The van der Waals surface area contributed by atoms with Gasteiger partial charge >= 0.3 is 17.2 Å². The van der Waals surface area contributed by atoms with Gasteiger partial charge in [0.2, 0.25) is 5.78 Å². The first-order valence-corrected chi connectivity index (χ1v) is 35.1. The highest BCUT2D eigenvalue weighted by Gasteiger charge is 2.67. The number of hydrogen-bond acceptors (Lipinski definition) is 16. The molecule has 16 nitrogen and oxygen atoms in total. The molecule has 4 unspecified atom stereocenters. The fourth-order valence-corrected chi connectivity index (χ4v) is 13.5. The van der Waals surface area contributed by atoms with Gasteiger partial charge in [-0.05, 0) is 63.5 Å². The van der Waals surface area contributed by atoms with Crippen LogP contribution in [0.1, 0.15) is 302 Å². The van der Waals surface area contributed by atoms with Gasteiger partial charge in [-0.25, -0.2) is 0 Å². The maximum Gasteiger partial charge on any atom is 0.330 e. The summed E-state index contributed by atoms with van der Waals surface area (Å²) in [5, 5.41) is 92.5. The van der Waals surface area contributed by atoms with Crippen molar-refractivity contribution in [1.29, 1.82) is 0 Å². The average molecular weight is 1240 g/mol. The van der Waals surface area contributed by atoms with E-state index in [0.717, 1.165) is 77.0 Å². The quantitative estimate of drug-likeness (QED) is 0.0166. The van der Waals surface area contributed by atoms with Crippen molar-refractivity contribution < 1.29 is 79.1 Å². The highest BCUT2D eigenvalue weighted by atomic mass is 31.2. The predicted molar refractivity (Wildman–Crippen MR) is 341 cm³/mol. The summed E-state index contributed by atoms with van der Waals surface area (Å²) in [6.07, 6.45) is 27.3. The molecule has 0 fully saturated rings. The smallest absolute Gasteiger partial charge is 0.330 e. The first-order valence-electron chi connectivity index (χ1n) is 32.7. The minimum atomic E-state index is -3.72. The van der Waals surface area contributed by atoms with Crippen LogP contribution in [0.5, 0.6) is 11.5 Å². The normalized spacial score (nSPS) is 14.9. The lowest BCUT2D eigenvalue weighted by Crippen LogP contribution is -2.66. The van der Waals surface area contributed by atoms with Gasteiger partial charge in [0.25, 0.3) is 11.6 Å². The van der Waals surface area contributed by atoms with E-state index in [1.807, 2.05) is 41.5 Å². The number of ketones is 2. The zero-order valence-electron chi connectivity index (χ0n) is 53.7. The van der Waals surface area contributed by atoms with E-state index in [0.29, 0.717) is 12.8 Å². The third kappa shape index (κ3) is 25.2. The number of carbonyl (C=O) groups excluding carboxylic acids is 2. The molecule has 0 aliphatic rings. The summed E-state index contributed by atoms with van der Waals surface area (Å²) in [6, 6.07) is 8.54. The third-order valence-corrected chi connectivity index (χ3v) is 18.4. The van der Waals surface area contributed by atoms with Gasteiger partial charge < -0.3 is 60.4 Å². The van der Waals surface area contributed by atoms with E-state index in [1.54, 1.807) is 0 Å². The van der Waals surface area contributed by atoms with Crippen LogP contribution in [-0.4, -0.2) is 109 Å². The number of carbonyl (C=O) groups is 2. The number of benzene rings is 2. The van der Waals surface area contributed by atoms with Crippen LogP contribution >= 0.6 is 17.2 Å². The van der Waals surface area contributed by atoms with Crippen LogP contribution in [0, 0.1) is 5.41 Å². The molecule has 4 atom stereocenters. The Morgan fingerprint density at radius 1 is 0.447 bits per heavy atom. The van der Waals surface area contributed by atoms with E-state index in [-0.39, 0.29) is 59.4 Å². The standard InChI is InChI=1S/C67H118O16P2/c1-9-11-13-15-17-19-21-23-25-27-29-31-33-35-37-39-45-64(49-58(72)66(76,59(73)50-68)82-84(78)79,46-40-38-36-34-32-30-28-26-24-22-20-18-16-14-12-10-2)65(52-41-43-56(70)54(47-52)62(3,4)5,53-42-44-57(71)55(48-53)63(6,7)8)61(75)67(77,60(74)51-69)83-85(80)81/h41-44,47-48,59-60,68-71,73-74,76-81H,9-40,45-46,49-51H2,1-8H3. The van der Waals surface area contributed by atoms with Gasteiger partial charge in [-0.15, -0.1) is 0 Å². The molecule has 18 heteroatoms. The fourth-order valence-electron chi connectivity index (χ4n) is 12.6. The number of phenolic OH excluding ortho intramolecular Hbond substituents is 2. The van der Waals surface area contributed by atoms with Crippen molar-refractivity contribution in [2.75, 3.05) is 13.2 Å². The van der Waals surface area contributed by atoms with Crippen LogP contribution in [0.25, 0.3) is 0 Å². The second kappa shape index (κ2) is 40.5. The van der Waals surface area contributed by atoms with Gasteiger partial charge in [0.05, 0.1) is 18.6 Å². The molecule has 12 N–H and O–H groups in total. The Bertz CT molecular complexity index is 2040. The van der Waals surface area contributed by atoms with Crippen LogP contribution < -0.4 is 0 Å². The van der Waals surface area contributed by atoms with Crippen molar-refractivity contribution in [3.8, 4) is 11.5 Å². The molecule has 0 bridgehead atoms. The zero-order chi connectivity index (χ0) is 63.7. The molecule has 0 radical (unpaired) electrons. The molecule has 2 rings (SSSR count). The van der Waals surface area contributed by atoms with Gasteiger partial charge in [-0.3, -0.25) is 18.6 Å². The summed E-state index contributed by atoms with van der Waals surface area (Å²) in [7, 11) is -7.33. The molecule has 0 aliphatic heterocycles. The van der Waals surface area contributed by atoms with Gasteiger partial charge in [-0.1, -0.05) is 285 Å². The number of aromatic hydroxyl groups is 2. The average Bonchev–Trinajstić information content (AvgIpc) is 0.720. The number of aliphatic hydroxyl groups excluding tert-OH is 4. The van der Waals surface area contributed by atoms with Crippen molar-refractivity contribution in [3.63, 3.8) is 0 Å². The molecule has 0 amide bonds. The largest absolute Gasteiger partial charge is 0.508 e. The van der Waals surface area contributed by atoms with Crippen LogP contribution in [0.4, 0.5) is 0 Å². The summed E-state index contributed by atoms with van der Waals surface area (Å²) in [5.41, 5.74) is -5.85. The lowest BCUT2D eigenvalue weighted by molar-refractivity contribution is -0.225. The zero-order valence-corrected chi connectivity index (χ0v) is 55.5. The van der Waals surface area contributed by atoms with Crippen LogP contribution in [-0.2, 0) is 34.9 Å². The highest BCUT2D eigenvalue weighted by molar-refractivity contribution is 7.39. The van der Waals surface area contributed by atoms with Crippen LogP contribution in [0.3, 0.4) is 0 Å². The van der Waals surface area contributed by atoms with E-state index in [9.17, 15) is 60.4 Å². The Morgan fingerprint density at radius 2 is 0.718 bits per heavy atom. The van der Waals surface area contributed by atoms with E-state index in [2.05, 4.69) is 13.8 Å². The minimum Gasteiger partial charge on any atom is -0.508 e. The van der Waals surface area contributed by atoms with Crippen molar-refractivity contribution in [2.24, 2.45) is 5.41 Å². The SMILES string of the molecule is CCCCCCCCCCCCCCCCCCC(CCCCCCCCCCCCCCCCCC)(CC(=O)C(O)(OP(O)O)C(O)CO)C(C(=O)C(O)(OP(O)O)C(O)CO)(c1ccc(O)c(C(C)(C)C)c1)c1ccc(O)c(C(C)(C)C)c1. The second-order valence-corrected chi connectivity index (χ2v) is 27.9. The minimum absolute atomic E-state index is 0.0161. The first kappa shape index (κ1) is 78.9. The lowest BCUT2D eigenvalue weighted by atomic mass is 9.48. The Balaban J connectivity index is 3.04. The molecule has 492 valence electrons. The summed E-state index contributed by atoms with van der Waals surface area (Å²) < 4.78 is 10.5. The molecule has 0 saturated carbocycles. The summed E-state index contributed by atoms with van der Waals surface area (Å²) >= 11 is 0. The molecule has 2 aromatic carbocycles. The Kier molecular flexibility index (Phi) is 37.6. The highest BCUT2D eigenvalue weighted by Crippen LogP contribution is 2.60. The molecule has 85 heavy (non-hydrogen) atoms. The first-order chi connectivity index (χ1) is 40.2. The Hall–Kier alpha value is -2.24. The maximum absolute atomic E-state index is 17.0. The molecular weight excluding hydrogens is 1120 g/mol. The number of rotatable bonds is 50. The van der Waals surface area contributed by atoms with E-state index in [1.165, 1.54) is 139 Å². The Morgan fingerprint density at radius 3 is 0.988 bits per heavy atom. The number of Topliss-reactive ketones (excluding diaryl/α,β-unsaturated/α-hetero) is 2. The molecular formula is C67H118O16P2. The molecule has 0 heterocycles. The maximum atomic E-state index is 17.0. The van der Waals surface area contributed by atoms with Crippen molar-refractivity contribution in [3.05, 3.63) is 58.7 Å². The number of unbranched alkanes of at least 4 members (excludes halogenated alkanes) is 30. The number of hydrogen-bond donors (Lipinski definition) is 12. The van der Waals surface area contributed by atoms with Gasteiger partial charge in [-0.2, -0.15) is 0 Å². The molecule has 0 spiro atoms. The number of aliphatic hydroxyl groups is 6. The van der Waals surface area contributed by atoms with Crippen molar-refractivity contribution in [2.45, 2.75) is 320 Å². The summed E-state index contributed by atoms with van der Waals surface area (Å²) in [6.45, 7) is 12.7. The van der Waals surface area contributed by atoms with Crippen LogP contribution in [0.2, 0.25) is 0 Å². The second-order valence-electron chi connectivity index (χ2n) is 26.5. The topological polar surface area (TPSA) is 295 Å². The predicted octanol–water partition coefficient (Wildman–Crippen LogP) is 14.3. The molecule has 2 aromatic rings. The van der Waals surface area contributed by atoms with Crippen molar-refractivity contribution >= 4 is 28.8 Å². The van der Waals surface area contributed by atoms with Crippen LogP contribution in [0.15, 0.2) is 36.4 Å². The summed E-state index contributed by atoms with van der Waals surface area (Å²) in [5.74, 6) is -10.5. The third-order valence-electron chi connectivity index (χ3n) is 17.5. The lowest BCUT2D eigenvalue weighted by Gasteiger charge is -2.54. The van der Waals surface area contributed by atoms with E-state index < -0.39 is 93.8 Å². The number of phenols is 2. The van der Waals surface area contributed by atoms with E-state index in [4.69, 9.17) is 9.05 Å². The summed E-state index contributed by atoms with van der Waals surface area (Å²) in [4.78, 5) is 74.4. The molecule has 0 aliphatic carbocycles. The fraction of sp³-hybridized carbons (Fsp3) is 0.791. The van der Waals surface area contributed by atoms with Gasteiger partial charge in [0.1, 0.15) is 23.7 Å².